The van der Waals surface area contributed by atoms with Crippen LogP contribution >= 0.6 is 11.3 Å². The second kappa shape index (κ2) is 7.15. The van der Waals surface area contributed by atoms with Gasteiger partial charge in [-0.2, -0.15) is 0 Å². The van der Waals surface area contributed by atoms with Crippen LogP contribution in [0.3, 0.4) is 0 Å². The van der Waals surface area contributed by atoms with Gasteiger partial charge in [-0.15, -0.1) is 11.3 Å². The molecule has 1 aliphatic rings. The van der Waals surface area contributed by atoms with E-state index in [1.807, 2.05) is 25.7 Å². The van der Waals surface area contributed by atoms with Gasteiger partial charge in [0.05, 0.1) is 5.52 Å². The zero-order valence-electron chi connectivity index (χ0n) is 15.3. The van der Waals surface area contributed by atoms with E-state index in [-0.39, 0.29) is 23.4 Å². The standard InChI is InChI=1S/C18H26N4O2S/c1-5-22-17(24)16-15(20-18(22)19-11(2)3)14(10-25-16)13-7-6-8-21(9-13)12(4)23/h10-11,13H,5-9H2,1-4H3,(H,19,20). The Balaban J connectivity index is 2.07. The maximum atomic E-state index is 12.9. The van der Waals surface area contributed by atoms with Crippen LogP contribution in [0.2, 0.25) is 0 Å². The number of rotatable bonds is 4. The number of fused-ring (bicyclic) bond motifs is 1. The number of hydrogen-bond donors (Lipinski definition) is 1. The lowest BCUT2D eigenvalue weighted by atomic mass is 9.91. The van der Waals surface area contributed by atoms with Crippen LogP contribution in [0.15, 0.2) is 10.2 Å². The number of aromatic nitrogens is 2. The Bertz CT molecular complexity index is 839. The third-order valence-electron chi connectivity index (χ3n) is 4.75. The molecule has 1 amide bonds. The Hall–Kier alpha value is -1.89. The summed E-state index contributed by atoms with van der Waals surface area (Å²) in [6, 6.07) is 0.201. The predicted octanol–water partition coefficient (Wildman–Crippen LogP) is 3.02. The van der Waals surface area contributed by atoms with Crippen LogP contribution in [0, 0.1) is 0 Å². The molecule has 1 saturated heterocycles. The van der Waals surface area contributed by atoms with Gasteiger partial charge in [-0.3, -0.25) is 14.2 Å². The minimum absolute atomic E-state index is 0.0196. The molecule has 0 bridgehead atoms. The number of thiophene rings is 1. The molecule has 1 N–H and O–H groups in total. The first-order valence-electron chi connectivity index (χ1n) is 8.96. The Morgan fingerprint density at radius 3 is 2.88 bits per heavy atom. The molecule has 0 saturated carbocycles. The van der Waals surface area contributed by atoms with Crippen molar-refractivity contribution >= 4 is 33.4 Å². The number of nitrogens with one attached hydrogen (secondary N) is 1. The number of piperidine rings is 1. The van der Waals surface area contributed by atoms with Gasteiger partial charge in [-0.05, 0) is 44.6 Å². The molecule has 0 spiro atoms. The zero-order valence-corrected chi connectivity index (χ0v) is 16.2. The van der Waals surface area contributed by atoms with E-state index in [0.29, 0.717) is 23.7 Å². The average molecular weight is 362 g/mol. The number of nitrogens with zero attached hydrogens (tertiary/aromatic N) is 3. The summed E-state index contributed by atoms with van der Waals surface area (Å²) in [5, 5.41) is 5.36. The minimum Gasteiger partial charge on any atom is -0.353 e. The van der Waals surface area contributed by atoms with Crippen molar-refractivity contribution in [3.05, 3.63) is 21.3 Å². The maximum Gasteiger partial charge on any atom is 0.272 e. The largest absolute Gasteiger partial charge is 0.353 e. The third-order valence-corrected chi connectivity index (χ3v) is 5.72. The molecule has 0 aromatic carbocycles. The predicted molar refractivity (Wildman–Crippen MR) is 103 cm³/mol. The van der Waals surface area contributed by atoms with Crippen LogP contribution < -0.4 is 10.9 Å². The van der Waals surface area contributed by atoms with E-state index in [0.717, 1.165) is 30.5 Å². The second-order valence-electron chi connectivity index (χ2n) is 6.96. The van der Waals surface area contributed by atoms with Crippen molar-refractivity contribution in [1.29, 1.82) is 0 Å². The van der Waals surface area contributed by atoms with E-state index in [1.54, 1.807) is 11.5 Å². The fraction of sp³-hybridized carbons (Fsp3) is 0.611. The van der Waals surface area contributed by atoms with E-state index in [2.05, 4.69) is 10.7 Å². The Kier molecular flexibility index (Phi) is 5.13. The van der Waals surface area contributed by atoms with Crippen molar-refractivity contribution in [1.82, 2.24) is 14.5 Å². The number of anilines is 1. The van der Waals surface area contributed by atoms with E-state index < -0.39 is 0 Å². The molecule has 0 radical (unpaired) electrons. The van der Waals surface area contributed by atoms with Crippen molar-refractivity contribution in [2.75, 3.05) is 18.4 Å². The van der Waals surface area contributed by atoms with Crippen LogP contribution in [0.5, 0.6) is 0 Å². The van der Waals surface area contributed by atoms with Gasteiger partial charge in [0.25, 0.3) is 5.56 Å². The summed E-state index contributed by atoms with van der Waals surface area (Å²) < 4.78 is 2.41. The highest BCUT2D eigenvalue weighted by atomic mass is 32.1. The van der Waals surface area contributed by atoms with Crippen LogP contribution in [-0.4, -0.2) is 39.5 Å². The number of hydrogen-bond acceptors (Lipinski definition) is 5. The summed E-state index contributed by atoms with van der Waals surface area (Å²) in [5.74, 6) is 1.00. The number of carbonyl (C=O) groups is 1. The Morgan fingerprint density at radius 1 is 1.48 bits per heavy atom. The maximum absolute atomic E-state index is 12.9. The molecule has 1 unspecified atom stereocenters. The molecule has 2 aromatic rings. The van der Waals surface area contributed by atoms with Crippen LogP contribution in [0.4, 0.5) is 5.95 Å². The molecular formula is C18H26N4O2S. The molecule has 25 heavy (non-hydrogen) atoms. The molecule has 6 nitrogen and oxygen atoms in total. The molecule has 3 heterocycles. The SMILES string of the molecule is CCn1c(NC(C)C)nc2c(C3CCCN(C(C)=O)C3)csc2c1=O. The highest BCUT2D eigenvalue weighted by Gasteiger charge is 2.26. The average Bonchev–Trinajstić information content (AvgIpc) is 2.99. The molecule has 1 fully saturated rings. The van der Waals surface area contributed by atoms with Crippen molar-refractivity contribution in [3.63, 3.8) is 0 Å². The number of likely N-dealkylation sites (tertiary alicyclic amines) is 1. The summed E-state index contributed by atoms with van der Waals surface area (Å²) in [4.78, 5) is 31.3. The summed E-state index contributed by atoms with van der Waals surface area (Å²) in [5.41, 5.74) is 1.93. The minimum atomic E-state index is 0.0196. The molecular weight excluding hydrogens is 336 g/mol. The molecule has 2 aromatic heterocycles. The number of carbonyl (C=O) groups excluding carboxylic acids is 1. The summed E-state index contributed by atoms with van der Waals surface area (Å²) >= 11 is 1.47. The van der Waals surface area contributed by atoms with Crippen molar-refractivity contribution < 1.29 is 4.79 Å². The second-order valence-corrected chi connectivity index (χ2v) is 7.84. The van der Waals surface area contributed by atoms with Gasteiger partial charge in [0.15, 0.2) is 0 Å². The van der Waals surface area contributed by atoms with E-state index in [1.165, 1.54) is 11.3 Å². The van der Waals surface area contributed by atoms with Gasteiger partial charge >= 0.3 is 0 Å². The van der Waals surface area contributed by atoms with Crippen molar-refractivity contribution in [2.45, 2.75) is 59.0 Å². The van der Waals surface area contributed by atoms with E-state index >= 15 is 0 Å². The lowest BCUT2D eigenvalue weighted by Gasteiger charge is -2.32. The fourth-order valence-electron chi connectivity index (χ4n) is 3.49. The first kappa shape index (κ1) is 17.9. The normalized spacial score (nSPS) is 18.1. The fourth-order valence-corrected chi connectivity index (χ4v) is 4.52. The van der Waals surface area contributed by atoms with E-state index in [4.69, 9.17) is 4.98 Å². The number of amides is 1. The first-order valence-corrected chi connectivity index (χ1v) is 9.84. The van der Waals surface area contributed by atoms with Gasteiger partial charge < -0.3 is 10.2 Å². The van der Waals surface area contributed by atoms with Gasteiger partial charge in [-0.1, -0.05) is 0 Å². The highest BCUT2D eigenvalue weighted by Crippen LogP contribution is 2.34. The molecule has 3 rings (SSSR count). The van der Waals surface area contributed by atoms with Crippen LogP contribution in [-0.2, 0) is 11.3 Å². The summed E-state index contributed by atoms with van der Waals surface area (Å²) in [6.07, 6.45) is 2.02. The monoisotopic (exact) mass is 362 g/mol. The zero-order chi connectivity index (χ0) is 18.1. The molecule has 1 aliphatic heterocycles. The van der Waals surface area contributed by atoms with Gasteiger partial charge in [0, 0.05) is 38.5 Å². The van der Waals surface area contributed by atoms with Gasteiger partial charge in [0.2, 0.25) is 11.9 Å². The third kappa shape index (κ3) is 3.42. The van der Waals surface area contributed by atoms with Crippen LogP contribution in [0.25, 0.3) is 10.2 Å². The lowest BCUT2D eigenvalue weighted by molar-refractivity contribution is -0.130. The highest BCUT2D eigenvalue weighted by molar-refractivity contribution is 7.17. The lowest BCUT2D eigenvalue weighted by Crippen LogP contribution is -2.37. The molecule has 7 heteroatoms. The molecule has 0 aliphatic carbocycles. The quantitative estimate of drug-likeness (QED) is 0.908. The van der Waals surface area contributed by atoms with Gasteiger partial charge in [0.1, 0.15) is 4.70 Å². The topological polar surface area (TPSA) is 67.2 Å². The molecule has 1 atom stereocenters. The van der Waals surface area contributed by atoms with Gasteiger partial charge in [-0.25, -0.2) is 4.98 Å². The Labute approximate surface area is 151 Å². The van der Waals surface area contributed by atoms with E-state index in [9.17, 15) is 9.59 Å². The smallest absolute Gasteiger partial charge is 0.272 e. The molecule has 136 valence electrons. The summed E-state index contributed by atoms with van der Waals surface area (Å²) in [6.45, 7) is 9.79. The van der Waals surface area contributed by atoms with Crippen molar-refractivity contribution in [2.24, 2.45) is 0 Å². The Morgan fingerprint density at radius 2 is 2.24 bits per heavy atom. The first-order chi connectivity index (χ1) is 11.9. The van der Waals surface area contributed by atoms with Crippen molar-refractivity contribution in [3.8, 4) is 0 Å². The summed E-state index contributed by atoms with van der Waals surface area (Å²) in [7, 11) is 0. The van der Waals surface area contributed by atoms with Crippen LogP contribution in [0.1, 0.15) is 52.0 Å².